The molecule has 0 aliphatic heterocycles. The van der Waals surface area contributed by atoms with Crippen LogP contribution in [0, 0.1) is 0 Å². The molecular weight excluding hydrogens is 776 g/mol. The second-order valence-corrected chi connectivity index (χ2v) is 14.8. The van der Waals surface area contributed by atoms with Crippen molar-refractivity contribution in [3.05, 3.63) is 192 Å². The van der Waals surface area contributed by atoms with Crippen molar-refractivity contribution in [1.82, 2.24) is 0 Å². The molecule has 0 aliphatic carbocycles. The number of nitrogens with zero attached hydrogens (tertiary/aromatic N) is 4. The van der Waals surface area contributed by atoms with Gasteiger partial charge in [0.15, 0.2) is 0 Å². The van der Waals surface area contributed by atoms with Crippen molar-refractivity contribution in [2.24, 2.45) is 20.4 Å². The normalized spacial score (nSPS) is 12.0. The van der Waals surface area contributed by atoms with Gasteiger partial charge < -0.3 is 25.3 Å². The van der Waals surface area contributed by atoms with Gasteiger partial charge in [0.1, 0.15) is 0 Å². The summed E-state index contributed by atoms with van der Waals surface area (Å²) in [5.74, 6) is 1.62. The second-order valence-electron chi connectivity index (χ2n) is 11.5. The first kappa shape index (κ1) is 41.4. The van der Waals surface area contributed by atoms with Gasteiger partial charge in [-0.05, 0) is 67.1 Å². The van der Waals surface area contributed by atoms with E-state index in [-0.39, 0.29) is 17.1 Å². The van der Waals surface area contributed by atoms with Gasteiger partial charge in [-0.25, -0.2) is 0 Å². The quantitative estimate of drug-likeness (QED) is 0.0454. The molecule has 269 valence electrons. The molecule has 9 heteroatoms. The van der Waals surface area contributed by atoms with Crippen molar-refractivity contribution in [2.45, 2.75) is 25.4 Å². The number of thioether (sulfide) groups is 2. The molecule has 0 unspecified atom stereocenters. The first-order valence-corrected chi connectivity index (χ1v) is 19.5. The maximum absolute atomic E-state index is 5.30. The van der Waals surface area contributed by atoms with Crippen molar-refractivity contribution in [1.29, 1.82) is 0 Å². The van der Waals surface area contributed by atoms with E-state index in [2.05, 4.69) is 117 Å². The minimum atomic E-state index is 0. The van der Waals surface area contributed by atoms with Gasteiger partial charge in [0, 0.05) is 11.5 Å². The Morgan fingerprint density at radius 3 is 1.00 bits per heavy atom. The van der Waals surface area contributed by atoms with E-state index >= 15 is 0 Å². The number of hydrogen-bond donors (Lipinski definition) is 0. The van der Waals surface area contributed by atoms with Gasteiger partial charge >= 0.3 is 17.1 Å². The minimum absolute atomic E-state index is 0. The molecule has 0 saturated heterocycles. The molecule has 0 fully saturated rings. The summed E-state index contributed by atoms with van der Waals surface area (Å²) < 4.78 is 1.10. The standard InChI is InChI=1S/2C22H20N2S2.Cu/c2*1-17(23-24-22(25)26-16-18-8-4-2-5-9-18)19-12-14-21(15-13-19)20-10-6-3-7-11-20;/h2*2-15H,16H2,1H3,(H,24,25);/q;;+2/p-2/b2*23-17+;. The van der Waals surface area contributed by atoms with Crippen LogP contribution in [0.15, 0.2) is 190 Å². The summed E-state index contributed by atoms with van der Waals surface area (Å²) in [7, 11) is 0. The Morgan fingerprint density at radius 1 is 0.396 bits per heavy atom. The molecule has 0 atom stereocenters. The first-order valence-electron chi connectivity index (χ1n) is 16.7. The molecule has 0 aliphatic rings. The van der Waals surface area contributed by atoms with Crippen LogP contribution < -0.4 is 0 Å². The summed E-state index contributed by atoms with van der Waals surface area (Å²) in [5, 5.41) is 16.9. The summed E-state index contributed by atoms with van der Waals surface area (Å²) >= 11 is 13.6. The predicted molar refractivity (Wildman–Crippen MR) is 233 cm³/mol. The van der Waals surface area contributed by atoms with E-state index in [1.165, 1.54) is 56.9 Å². The van der Waals surface area contributed by atoms with Crippen molar-refractivity contribution < 1.29 is 17.1 Å². The topological polar surface area (TPSA) is 49.4 Å². The van der Waals surface area contributed by atoms with Gasteiger partial charge in [0.2, 0.25) is 0 Å². The van der Waals surface area contributed by atoms with Gasteiger partial charge in [-0.3, -0.25) is 0 Å². The molecule has 6 rings (SSSR count). The average molecular weight is 815 g/mol. The second kappa shape index (κ2) is 22.7. The molecular formula is C44H38CuN4S4. The third-order valence-corrected chi connectivity index (χ3v) is 10.3. The van der Waals surface area contributed by atoms with Gasteiger partial charge in [-0.2, -0.15) is 20.4 Å². The number of rotatable bonds is 10. The SMILES string of the molecule is C/C(=N\N=C(/[S-])SCc1ccccc1)c1ccc(-c2ccccc2)cc1.C/C(=N\N=C(/[S-])SCc1ccccc1)c1ccc(-c2ccccc2)cc1.[Cu+2]. The average Bonchev–Trinajstić information content (AvgIpc) is 3.22. The summed E-state index contributed by atoms with van der Waals surface area (Å²) in [6, 6.07) is 57.8. The van der Waals surface area contributed by atoms with Crippen LogP contribution in [-0.2, 0) is 53.8 Å². The molecule has 1 radical (unpaired) electrons. The summed E-state index contributed by atoms with van der Waals surface area (Å²) in [6.45, 7) is 3.90. The number of hydrogen-bond acceptors (Lipinski definition) is 8. The molecule has 0 N–H and O–H groups in total. The van der Waals surface area contributed by atoms with Crippen molar-refractivity contribution in [3.63, 3.8) is 0 Å². The predicted octanol–water partition coefficient (Wildman–Crippen LogP) is 11.8. The molecule has 53 heavy (non-hydrogen) atoms. The smallest absolute Gasteiger partial charge is 0.752 e. The van der Waals surface area contributed by atoms with Gasteiger partial charge in [-0.1, -0.05) is 170 Å². The molecule has 6 aromatic carbocycles. The van der Waals surface area contributed by atoms with E-state index in [1.54, 1.807) is 0 Å². The Bertz CT molecular complexity index is 1930. The van der Waals surface area contributed by atoms with Crippen molar-refractivity contribution in [3.8, 4) is 22.3 Å². The van der Waals surface area contributed by atoms with Crippen LogP contribution in [0.4, 0.5) is 0 Å². The summed E-state index contributed by atoms with van der Waals surface area (Å²) in [5.41, 5.74) is 11.0. The fourth-order valence-corrected chi connectivity index (χ4v) is 6.51. The zero-order chi connectivity index (χ0) is 36.4. The Morgan fingerprint density at radius 2 is 0.679 bits per heavy atom. The summed E-state index contributed by atoms with van der Waals surface area (Å²) in [6.07, 6.45) is 0. The Hall–Kier alpha value is -4.34. The van der Waals surface area contributed by atoms with Crippen LogP contribution in [0.5, 0.6) is 0 Å². The Balaban J connectivity index is 0.000000232. The van der Waals surface area contributed by atoms with Crippen LogP contribution in [0.2, 0.25) is 0 Å². The van der Waals surface area contributed by atoms with E-state index in [4.69, 9.17) is 25.3 Å². The third kappa shape index (κ3) is 14.2. The molecule has 0 spiro atoms. The molecule has 4 nitrogen and oxygen atoms in total. The third-order valence-electron chi connectivity index (χ3n) is 7.79. The molecule has 0 saturated carbocycles. The van der Waals surface area contributed by atoms with E-state index < -0.39 is 0 Å². The van der Waals surface area contributed by atoms with Crippen LogP contribution in [0.1, 0.15) is 36.1 Å². The van der Waals surface area contributed by atoms with E-state index in [9.17, 15) is 0 Å². The van der Waals surface area contributed by atoms with Crippen LogP contribution in [-0.4, -0.2) is 20.2 Å². The zero-order valence-corrected chi connectivity index (χ0v) is 33.5. The first-order chi connectivity index (χ1) is 25.4. The van der Waals surface area contributed by atoms with E-state index in [0.717, 1.165) is 34.1 Å². The van der Waals surface area contributed by atoms with Crippen molar-refractivity contribution in [2.75, 3.05) is 0 Å². The molecule has 0 aromatic heterocycles. The van der Waals surface area contributed by atoms with Crippen LogP contribution in [0.3, 0.4) is 0 Å². The van der Waals surface area contributed by atoms with Gasteiger partial charge in [-0.15, -0.1) is 23.5 Å². The molecule has 0 heterocycles. The zero-order valence-electron chi connectivity index (χ0n) is 29.3. The van der Waals surface area contributed by atoms with E-state index in [1.807, 2.05) is 86.6 Å². The minimum Gasteiger partial charge on any atom is -0.752 e. The maximum Gasteiger partial charge on any atom is 2.00 e. The molecule has 0 amide bonds. The van der Waals surface area contributed by atoms with Gasteiger partial charge in [0.25, 0.3) is 0 Å². The van der Waals surface area contributed by atoms with Crippen molar-refractivity contribution >= 4 is 69.0 Å². The van der Waals surface area contributed by atoms with E-state index in [0.29, 0.717) is 8.75 Å². The molecule has 6 aromatic rings. The maximum atomic E-state index is 5.30. The summed E-state index contributed by atoms with van der Waals surface area (Å²) in [4.78, 5) is 0. The number of benzene rings is 6. The van der Waals surface area contributed by atoms with Gasteiger partial charge in [0.05, 0.1) is 11.4 Å². The fourth-order valence-electron chi connectivity index (χ4n) is 4.91. The Kier molecular flexibility index (Phi) is 17.7. The monoisotopic (exact) mass is 813 g/mol. The molecule has 0 bridgehead atoms. The Labute approximate surface area is 343 Å². The largest absolute Gasteiger partial charge is 2.00 e. The fraction of sp³-hybridized carbons (Fsp3) is 0.0909. The van der Waals surface area contributed by atoms with Crippen LogP contribution in [0.25, 0.3) is 22.3 Å². The van der Waals surface area contributed by atoms with Crippen LogP contribution >= 0.6 is 23.5 Å².